The van der Waals surface area contributed by atoms with Crippen LogP contribution in [-0.2, 0) is 10.1 Å². The summed E-state index contributed by atoms with van der Waals surface area (Å²) in [5.74, 6) is 2.43. The van der Waals surface area contributed by atoms with Gasteiger partial charge < -0.3 is 0 Å². The highest BCUT2D eigenvalue weighted by Gasteiger charge is 1.93. The van der Waals surface area contributed by atoms with E-state index in [9.17, 15) is 8.42 Å². The maximum atomic E-state index is 10.2. The molecule has 0 aromatic rings. The maximum absolute atomic E-state index is 10.2. The van der Waals surface area contributed by atoms with Crippen molar-refractivity contribution in [1.29, 1.82) is 0 Å². The van der Waals surface area contributed by atoms with Crippen LogP contribution in [-0.4, -0.2) is 13.0 Å². The lowest BCUT2D eigenvalue weighted by molar-refractivity contribution is 0.496. The van der Waals surface area contributed by atoms with Crippen LogP contribution in [0.15, 0.2) is 0 Å². The van der Waals surface area contributed by atoms with E-state index in [2.05, 4.69) is 12.8 Å². The van der Waals surface area contributed by atoms with E-state index in [0.29, 0.717) is 6.42 Å². The molecule has 0 spiro atoms. The van der Waals surface area contributed by atoms with Crippen molar-refractivity contribution in [1.82, 2.24) is 0 Å². The third-order valence-corrected chi connectivity index (χ3v) is 2.26. The molecule has 3 nitrogen and oxygen atoms in total. The summed E-state index contributed by atoms with van der Waals surface area (Å²) in [6, 6.07) is 0. The van der Waals surface area contributed by atoms with Gasteiger partial charge in [-0.25, -0.2) is 0 Å². The quantitative estimate of drug-likeness (QED) is 0.423. The molecule has 0 aliphatic heterocycles. The Morgan fingerprint density at radius 1 is 1.07 bits per heavy atom. The SMILES string of the molecule is CCCCCCCCC#CS(=O)(=O)O. The Kier molecular flexibility index (Phi) is 7.54. The van der Waals surface area contributed by atoms with E-state index < -0.39 is 10.1 Å². The van der Waals surface area contributed by atoms with Crippen molar-refractivity contribution in [3.05, 3.63) is 0 Å². The summed E-state index contributed by atoms with van der Waals surface area (Å²) in [5.41, 5.74) is 0. The molecule has 0 aromatic heterocycles. The van der Waals surface area contributed by atoms with Gasteiger partial charge in [0, 0.05) is 6.42 Å². The van der Waals surface area contributed by atoms with Crippen LogP contribution in [0, 0.1) is 11.2 Å². The summed E-state index contributed by atoms with van der Waals surface area (Å²) in [5, 5.41) is 1.80. The molecule has 0 aromatic carbocycles. The van der Waals surface area contributed by atoms with Crippen molar-refractivity contribution < 1.29 is 13.0 Å². The summed E-state index contributed by atoms with van der Waals surface area (Å²) >= 11 is 0. The minimum Gasteiger partial charge on any atom is -0.276 e. The summed E-state index contributed by atoms with van der Waals surface area (Å²) in [6.07, 6.45) is 7.45. The molecule has 0 saturated heterocycles. The van der Waals surface area contributed by atoms with Gasteiger partial charge in [-0.3, -0.25) is 4.55 Å². The van der Waals surface area contributed by atoms with Gasteiger partial charge in [0.05, 0.1) is 5.25 Å². The van der Waals surface area contributed by atoms with Gasteiger partial charge in [-0.05, 0) is 6.42 Å². The van der Waals surface area contributed by atoms with Crippen LogP contribution >= 0.6 is 0 Å². The molecule has 0 atom stereocenters. The van der Waals surface area contributed by atoms with Crippen molar-refractivity contribution in [2.45, 2.75) is 51.9 Å². The second-order valence-corrected chi connectivity index (χ2v) is 4.43. The Hall–Kier alpha value is -0.530. The average Bonchev–Trinajstić information content (AvgIpc) is 2.08. The number of rotatable bonds is 6. The molecular formula is C10H18O3S. The summed E-state index contributed by atoms with van der Waals surface area (Å²) in [6.45, 7) is 2.16. The Bertz CT molecular complexity index is 282. The van der Waals surface area contributed by atoms with Crippen molar-refractivity contribution in [2.24, 2.45) is 0 Å². The Morgan fingerprint density at radius 3 is 2.21 bits per heavy atom. The number of unbranched alkanes of at least 4 members (excludes halogenated alkanes) is 6. The fourth-order valence-electron chi connectivity index (χ4n) is 1.14. The molecule has 1 N–H and O–H groups in total. The zero-order valence-corrected chi connectivity index (χ0v) is 9.44. The molecule has 0 aliphatic carbocycles. The average molecular weight is 218 g/mol. The van der Waals surface area contributed by atoms with Gasteiger partial charge in [-0.1, -0.05) is 44.9 Å². The molecular weight excluding hydrogens is 200 g/mol. The van der Waals surface area contributed by atoms with Gasteiger partial charge >= 0.3 is 10.1 Å². The van der Waals surface area contributed by atoms with E-state index in [0.717, 1.165) is 12.8 Å². The molecule has 0 saturated carbocycles. The molecule has 0 rings (SSSR count). The van der Waals surface area contributed by atoms with E-state index in [-0.39, 0.29) is 0 Å². The zero-order valence-electron chi connectivity index (χ0n) is 8.62. The molecule has 4 heteroatoms. The minimum absolute atomic E-state index is 0.548. The smallest absolute Gasteiger partial charge is 0.276 e. The standard InChI is InChI=1S/C10H18O3S/c1-2-3-4-5-6-7-8-9-10-14(11,12)13/h2-8H2,1H3,(H,11,12,13). The first kappa shape index (κ1) is 13.5. The second-order valence-electron chi connectivity index (χ2n) is 3.27. The summed E-state index contributed by atoms with van der Waals surface area (Å²) < 4.78 is 28.7. The van der Waals surface area contributed by atoms with Gasteiger partial charge in [0.25, 0.3) is 0 Å². The predicted octanol–water partition coefficient (Wildman–Crippen LogP) is 2.59. The highest BCUT2D eigenvalue weighted by molar-refractivity contribution is 7.90. The fourth-order valence-corrected chi connectivity index (χ4v) is 1.42. The second kappa shape index (κ2) is 7.84. The highest BCUT2D eigenvalue weighted by Crippen LogP contribution is 2.06. The fraction of sp³-hybridized carbons (Fsp3) is 0.800. The lowest BCUT2D eigenvalue weighted by Crippen LogP contribution is -1.89. The van der Waals surface area contributed by atoms with Crippen molar-refractivity contribution in [3.8, 4) is 11.2 Å². The zero-order chi connectivity index (χ0) is 10.9. The maximum Gasteiger partial charge on any atom is 0.335 e. The first-order valence-corrected chi connectivity index (χ1v) is 6.47. The summed E-state index contributed by atoms with van der Waals surface area (Å²) in [7, 11) is -4.09. The minimum atomic E-state index is -4.09. The lowest BCUT2D eigenvalue weighted by Gasteiger charge is -1.96. The Labute approximate surface area is 86.7 Å². The van der Waals surface area contributed by atoms with Gasteiger partial charge in [-0.15, -0.1) is 0 Å². The molecule has 0 heterocycles. The van der Waals surface area contributed by atoms with Crippen molar-refractivity contribution >= 4 is 10.1 Å². The van der Waals surface area contributed by atoms with Gasteiger partial charge in [0.15, 0.2) is 0 Å². The van der Waals surface area contributed by atoms with E-state index in [1.807, 2.05) is 0 Å². The Morgan fingerprint density at radius 2 is 1.64 bits per heavy atom. The monoisotopic (exact) mass is 218 g/mol. The van der Waals surface area contributed by atoms with Crippen molar-refractivity contribution in [3.63, 3.8) is 0 Å². The van der Waals surface area contributed by atoms with E-state index in [4.69, 9.17) is 4.55 Å². The first-order chi connectivity index (χ1) is 6.56. The molecule has 14 heavy (non-hydrogen) atoms. The normalized spacial score (nSPS) is 10.7. The van der Waals surface area contributed by atoms with Gasteiger partial charge in [0.2, 0.25) is 0 Å². The lowest BCUT2D eigenvalue weighted by atomic mass is 10.1. The van der Waals surface area contributed by atoms with Gasteiger partial charge in [-0.2, -0.15) is 8.42 Å². The first-order valence-electron chi connectivity index (χ1n) is 5.03. The van der Waals surface area contributed by atoms with E-state index in [1.54, 1.807) is 5.25 Å². The number of hydrogen-bond donors (Lipinski definition) is 1. The topological polar surface area (TPSA) is 54.4 Å². The van der Waals surface area contributed by atoms with E-state index in [1.165, 1.54) is 25.7 Å². The van der Waals surface area contributed by atoms with Crippen LogP contribution in [0.3, 0.4) is 0 Å². The van der Waals surface area contributed by atoms with Crippen LogP contribution < -0.4 is 0 Å². The van der Waals surface area contributed by atoms with Crippen molar-refractivity contribution in [2.75, 3.05) is 0 Å². The third-order valence-electron chi connectivity index (χ3n) is 1.86. The predicted molar refractivity (Wildman–Crippen MR) is 57.3 cm³/mol. The summed E-state index contributed by atoms with van der Waals surface area (Å²) in [4.78, 5) is 0. The van der Waals surface area contributed by atoms with Crippen LogP contribution in [0.2, 0.25) is 0 Å². The van der Waals surface area contributed by atoms with Gasteiger partial charge in [0.1, 0.15) is 0 Å². The molecule has 0 unspecified atom stereocenters. The Balaban J connectivity index is 3.33. The number of hydrogen-bond acceptors (Lipinski definition) is 2. The van der Waals surface area contributed by atoms with Crippen LogP contribution in [0.5, 0.6) is 0 Å². The molecule has 0 radical (unpaired) electrons. The van der Waals surface area contributed by atoms with Crippen LogP contribution in [0.4, 0.5) is 0 Å². The molecule has 0 amide bonds. The van der Waals surface area contributed by atoms with E-state index >= 15 is 0 Å². The highest BCUT2D eigenvalue weighted by atomic mass is 32.2. The molecule has 0 fully saturated rings. The van der Waals surface area contributed by atoms with Crippen LogP contribution in [0.1, 0.15) is 51.9 Å². The third kappa shape index (κ3) is 11.5. The van der Waals surface area contributed by atoms with Crippen LogP contribution in [0.25, 0.3) is 0 Å². The largest absolute Gasteiger partial charge is 0.335 e. The molecule has 0 bridgehead atoms. The molecule has 0 aliphatic rings. The molecule has 82 valence electrons.